The fourth-order valence-corrected chi connectivity index (χ4v) is 2.59. The average molecular weight is 353 g/mol. The van der Waals surface area contributed by atoms with Gasteiger partial charge in [-0.25, -0.2) is 0 Å². The highest BCUT2D eigenvalue weighted by Crippen LogP contribution is 2.15. The highest BCUT2D eigenvalue weighted by Gasteiger charge is 2.13. The van der Waals surface area contributed by atoms with Gasteiger partial charge in [0.2, 0.25) is 5.91 Å². The Bertz CT molecular complexity index is 556. The number of rotatable bonds is 5. The minimum Gasteiger partial charge on any atom is -0.348 e. The Labute approximate surface area is 132 Å². The maximum Gasteiger partial charge on any atom is 0.224 e. The van der Waals surface area contributed by atoms with Gasteiger partial charge in [0.05, 0.1) is 12.5 Å². The third kappa shape index (κ3) is 4.36. The number of nitrogens with one attached hydrogen (secondary N) is 1. The smallest absolute Gasteiger partial charge is 0.224 e. The molecule has 0 aromatic heterocycles. The molecule has 0 aliphatic rings. The first-order valence-corrected chi connectivity index (χ1v) is 7.83. The lowest BCUT2D eigenvalue weighted by Gasteiger charge is -2.16. The molecule has 104 valence electrons. The summed E-state index contributed by atoms with van der Waals surface area (Å²) in [6.07, 6.45) is 0.355. The second kappa shape index (κ2) is 7.46. The Morgan fingerprint density at radius 1 is 1.10 bits per heavy atom. The van der Waals surface area contributed by atoms with Crippen molar-refractivity contribution in [1.82, 2.24) is 5.32 Å². The fraction of sp³-hybridized carbons (Fsp3) is 0.188. The number of amides is 1. The number of hydrogen-bond donors (Lipinski definition) is 1. The van der Waals surface area contributed by atoms with Crippen LogP contribution in [0.1, 0.15) is 17.2 Å². The van der Waals surface area contributed by atoms with E-state index in [-0.39, 0.29) is 11.9 Å². The zero-order chi connectivity index (χ0) is 14.4. The van der Waals surface area contributed by atoms with Gasteiger partial charge in [-0.15, -0.1) is 0 Å². The zero-order valence-electron chi connectivity index (χ0n) is 10.9. The van der Waals surface area contributed by atoms with Crippen LogP contribution in [0.4, 0.5) is 0 Å². The van der Waals surface area contributed by atoms with E-state index in [1.54, 1.807) is 12.1 Å². The van der Waals surface area contributed by atoms with Crippen LogP contribution in [0, 0.1) is 0 Å². The molecule has 1 unspecified atom stereocenters. The Kier molecular flexibility index (Phi) is 5.62. The largest absolute Gasteiger partial charge is 0.348 e. The lowest BCUT2D eigenvalue weighted by molar-refractivity contribution is -0.121. The van der Waals surface area contributed by atoms with Crippen LogP contribution < -0.4 is 5.32 Å². The van der Waals surface area contributed by atoms with Gasteiger partial charge in [-0.1, -0.05) is 70.0 Å². The van der Waals surface area contributed by atoms with Crippen molar-refractivity contribution < 1.29 is 4.79 Å². The van der Waals surface area contributed by atoms with E-state index in [2.05, 4.69) is 21.2 Å². The molecule has 0 spiro atoms. The maximum atomic E-state index is 12.1. The van der Waals surface area contributed by atoms with Gasteiger partial charge in [0, 0.05) is 10.4 Å². The predicted molar refractivity (Wildman–Crippen MR) is 86.3 cm³/mol. The molecule has 0 saturated heterocycles. The maximum absolute atomic E-state index is 12.1. The quantitative estimate of drug-likeness (QED) is 0.805. The highest BCUT2D eigenvalue weighted by molar-refractivity contribution is 9.09. The standard InChI is InChI=1S/C16H15BrClNO/c17-11-15(13-4-2-1-3-5-13)19-16(20)10-12-6-8-14(18)9-7-12/h1-9,15H,10-11H2,(H,19,20). The van der Waals surface area contributed by atoms with E-state index < -0.39 is 0 Å². The van der Waals surface area contributed by atoms with Crippen molar-refractivity contribution in [3.8, 4) is 0 Å². The minimum atomic E-state index is -0.0176. The van der Waals surface area contributed by atoms with Crippen LogP contribution in [0.25, 0.3) is 0 Å². The van der Waals surface area contributed by atoms with Gasteiger partial charge in [0.15, 0.2) is 0 Å². The second-order valence-electron chi connectivity index (χ2n) is 4.49. The normalized spacial score (nSPS) is 11.9. The minimum absolute atomic E-state index is 0.000579. The van der Waals surface area contributed by atoms with Crippen LogP contribution >= 0.6 is 27.5 Å². The van der Waals surface area contributed by atoms with Crippen molar-refractivity contribution in [2.75, 3.05) is 5.33 Å². The first-order valence-electron chi connectivity index (χ1n) is 6.34. The zero-order valence-corrected chi connectivity index (χ0v) is 13.2. The molecular weight excluding hydrogens is 338 g/mol. The van der Waals surface area contributed by atoms with E-state index in [0.29, 0.717) is 16.8 Å². The van der Waals surface area contributed by atoms with Crippen molar-refractivity contribution >= 4 is 33.4 Å². The molecule has 0 aliphatic heterocycles. The van der Waals surface area contributed by atoms with Crippen molar-refractivity contribution in [1.29, 1.82) is 0 Å². The molecule has 0 aliphatic carbocycles. The number of carbonyl (C=O) groups is 1. The highest BCUT2D eigenvalue weighted by atomic mass is 79.9. The molecule has 2 nitrogen and oxygen atoms in total. The lowest BCUT2D eigenvalue weighted by atomic mass is 10.1. The summed E-state index contributed by atoms with van der Waals surface area (Å²) in [5, 5.41) is 4.39. The monoisotopic (exact) mass is 351 g/mol. The van der Waals surface area contributed by atoms with Crippen molar-refractivity contribution in [2.24, 2.45) is 0 Å². The predicted octanol–water partition coefficient (Wildman–Crippen LogP) is 4.13. The summed E-state index contributed by atoms with van der Waals surface area (Å²) >= 11 is 9.27. The molecule has 0 saturated carbocycles. The first kappa shape index (κ1) is 15.1. The average Bonchev–Trinajstić information content (AvgIpc) is 2.48. The van der Waals surface area contributed by atoms with Gasteiger partial charge in [-0.05, 0) is 23.3 Å². The van der Waals surface area contributed by atoms with Crippen LogP contribution in [-0.2, 0) is 11.2 Å². The van der Waals surface area contributed by atoms with E-state index in [1.807, 2.05) is 42.5 Å². The summed E-state index contributed by atoms with van der Waals surface area (Å²) in [6.45, 7) is 0. The van der Waals surface area contributed by atoms with Gasteiger partial charge < -0.3 is 5.32 Å². The number of carbonyl (C=O) groups excluding carboxylic acids is 1. The Hall–Kier alpha value is -1.32. The van der Waals surface area contributed by atoms with Crippen LogP contribution in [0.2, 0.25) is 5.02 Å². The molecule has 0 fully saturated rings. The van der Waals surface area contributed by atoms with Crippen molar-refractivity contribution in [3.63, 3.8) is 0 Å². The second-order valence-corrected chi connectivity index (χ2v) is 5.57. The third-order valence-corrected chi connectivity index (χ3v) is 3.87. The Balaban J connectivity index is 1.97. The van der Waals surface area contributed by atoms with E-state index in [1.165, 1.54) is 0 Å². The van der Waals surface area contributed by atoms with Crippen LogP contribution in [-0.4, -0.2) is 11.2 Å². The van der Waals surface area contributed by atoms with Crippen LogP contribution in [0.5, 0.6) is 0 Å². The summed E-state index contributed by atoms with van der Waals surface area (Å²) in [6, 6.07) is 17.2. The number of halogens is 2. The molecule has 4 heteroatoms. The summed E-state index contributed by atoms with van der Waals surface area (Å²) in [7, 11) is 0. The van der Waals surface area contributed by atoms with Gasteiger partial charge in [-0.3, -0.25) is 4.79 Å². The Morgan fingerprint density at radius 2 is 1.75 bits per heavy atom. The van der Waals surface area contributed by atoms with Crippen molar-refractivity contribution in [2.45, 2.75) is 12.5 Å². The van der Waals surface area contributed by atoms with Crippen LogP contribution in [0.15, 0.2) is 54.6 Å². The molecular formula is C16H15BrClNO. The molecule has 1 amide bonds. The van der Waals surface area contributed by atoms with Gasteiger partial charge in [-0.2, -0.15) is 0 Å². The molecule has 2 aromatic rings. The van der Waals surface area contributed by atoms with E-state index in [9.17, 15) is 4.79 Å². The van der Waals surface area contributed by atoms with Gasteiger partial charge in [0.25, 0.3) is 0 Å². The summed E-state index contributed by atoms with van der Waals surface area (Å²) in [5.41, 5.74) is 2.04. The molecule has 0 bridgehead atoms. The fourth-order valence-electron chi connectivity index (χ4n) is 1.93. The summed E-state index contributed by atoms with van der Waals surface area (Å²) in [5.74, 6) is 0.000579. The van der Waals surface area contributed by atoms with Crippen LogP contribution in [0.3, 0.4) is 0 Å². The topological polar surface area (TPSA) is 29.1 Å². The van der Waals surface area contributed by atoms with Gasteiger partial charge >= 0.3 is 0 Å². The molecule has 0 radical (unpaired) electrons. The number of alkyl halides is 1. The third-order valence-electron chi connectivity index (χ3n) is 2.97. The Morgan fingerprint density at radius 3 is 2.35 bits per heavy atom. The molecule has 2 aromatic carbocycles. The van der Waals surface area contributed by atoms with E-state index >= 15 is 0 Å². The van der Waals surface area contributed by atoms with Crippen molar-refractivity contribution in [3.05, 3.63) is 70.7 Å². The summed E-state index contributed by atoms with van der Waals surface area (Å²) in [4.78, 5) is 12.1. The van der Waals surface area contributed by atoms with E-state index in [4.69, 9.17) is 11.6 Å². The van der Waals surface area contributed by atoms with E-state index in [0.717, 1.165) is 11.1 Å². The molecule has 0 heterocycles. The summed E-state index contributed by atoms with van der Waals surface area (Å²) < 4.78 is 0. The molecule has 1 atom stereocenters. The lowest BCUT2D eigenvalue weighted by Crippen LogP contribution is -2.30. The molecule has 1 N–H and O–H groups in total. The molecule has 20 heavy (non-hydrogen) atoms. The first-order chi connectivity index (χ1) is 9.69. The molecule has 2 rings (SSSR count). The SMILES string of the molecule is O=C(Cc1ccc(Cl)cc1)NC(CBr)c1ccccc1. The number of hydrogen-bond acceptors (Lipinski definition) is 1. The number of benzene rings is 2. The van der Waals surface area contributed by atoms with Gasteiger partial charge in [0.1, 0.15) is 0 Å².